The van der Waals surface area contributed by atoms with Crippen molar-refractivity contribution >= 4 is 29.0 Å². The van der Waals surface area contributed by atoms with Gasteiger partial charge in [-0.1, -0.05) is 6.07 Å². The number of esters is 1. The molecule has 0 heterocycles. The second-order valence-corrected chi connectivity index (χ2v) is 3.31. The molecule has 16 heavy (non-hydrogen) atoms. The highest BCUT2D eigenvalue weighted by atomic mass is 32.1. The average Bonchev–Trinajstić information content (AvgIpc) is 2.28. The summed E-state index contributed by atoms with van der Waals surface area (Å²) in [6.07, 6.45) is 0. The number of benzene rings is 1. The molecule has 0 saturated carbocycles. The number of carbonyl (C=O) groups excluding carboxylic acids is 1. The van der Waals surface area contributed by atoms with Gasteiger partial charge < -0.3 is 10.1 Å². The standard InChI is InChI=1S/C10H13N3O2S/c1-11-13-10(16)12-8-5-3-4-7(6-8)9(14)15-2/h3-6,11H,1-2H3,(H2,12,13,16). The van der Waals surface area contributed by atoms with Gasteiger partial charge in [0.05, 0.1) is 12.7 Å². The van der Waals surface area contributed by atoms with Crippen LogP contribution in [0, 0.1) is 0 Å². The lowest BCUT2D eigenvalue weighted by molar-refractivity contribution is 0.0601. The summed E-state index contributed by atoms with van der Waals surface area (Å²) in [7, 11) is 3.05. The van der Waals surface area contributed by atoms with Gasteiger partial charge in [-0.25, -0.2) is 10.2 Å². The zero-order valence-electron chi connectivity index (χ0n) is 9.03. The molecule has 0 fully saturated rings. The van der Waals surface area contributed by atoms with E-state index >= 15 is 0 Å². The number of hydrogen-bond acceptors (Lipinski definition) is 4. The van der Waals surface area contributed by atoms with Crippen molar-refractivity contribution in [1.82, 2.24) is 10.9 Å². The van der Waals surface area contributed by atoms with Gasteiger partial charge in [0, 0.05) is 12.7 Å². The molecule has 3 N–H and O–H groups in total. The van der Waals surface area contributed by atoms with E-state index in [1.807, 2.05) is 0 Å². The van der Waals surface area contributed by atoms with Crippen LogP contribution in [0.1, 0.15) is 10.4 Å². The lowest BCUT2D eigenvalue weighted by Gasteiger charge is -2.09. The molecule has 0 spiro atoms. The molecule has 1 rings (SSSR count). The summed E-state index contributed by atoms with van der Waals surface area (Å²) in [6.45, 7) is 0. The Morgan fingerprint density at radius 2 is 2.19 bits per heavy atom. The molecular weight excluding hydrogens is 226 g/mol. The number of anilines is 1. The van der Waals surface area contributed by atoms with E-state index in [2.05, 4.69) is 20.9 Å². The summed E-state index contributed by atoms with van der Waals surface area (Å²) >= 11 is 4.97. The van der Waals surface area contributed by atoms with Crippen molar-refractivity contribution in [2.75, 3.05) is 19.5 Å². The molecule has 0 amide bonds. The molecule has 0 atom stereocenters. The summed E-state index contributed by atoms with van der Waals surface area (Å²) in [5.74, 6) is -0.379. The van der Waals surface area contributed by atoms with Gasteiger partial charge in [-0.15, -0.1) is 0 Å². The van der Waals surface area contributed by atoms with Crippen LogP contribution in [0.25, 0.3) is 0 Å². The molecule has 0 saturated heterocycles. The van der Waals surface area contributed by atoms with Crippen LogP contribution in [-0.2, 0) is 4.74 Å². The topological polar surface area (TPSA) is 62.4 Å². The third-order valence-electron chi connectivity index (χ3n) is 1.78. The van der Waals surface area contributed by atoms with Crippen LogP contribution in [-0.4, -0.2) is 25.2 Å². The van der Waals surface area contributed by atoms with Gasteiger partial charge >= 0.3 is 5.97 Å². The summed E-state index contributed by atoms with van der Waals surface area (Å²) in [4.78, 5) is 11.3. The van der Waals surface area contributed by atoms with E-state index in [1.165, 1.54) is 7.11 Å². The van der Waals surface area contributed by atoms with Crippen LogP contribution < -0.4 is 16.2 Å². The first kappa shape index (κ1) is 12.4. The van der Waals surface area contributed by atoms with Crippen molar-refractivity contribution in [3.05, 3.63) is 29.8 Å². The number of rotatable bonds is 3. The third kappa shape index (κ3) is 3.48. The highest BCUT2D eigenvalue weighted by Crippen LogP contribution is 2.11. The van der Waals surface area contributed by atoms with Gasteiger partial charge in [0.1, 0.15) is 0 Å². The minimum atomic E-state index is -0.379. The van der Waals surface area contributed by atoms with Crippen molar-refractivity contribution < 1.29 is 9.53 Å². The number of carbonyl (C=O) groups is 1. The van der Waals surface area contributed by atoms with Gasteiger partial charge in [0.25, 0.3) is 0 Å². The Morgan fingerprint density at radius 3 is 2.81 bits per heavy atom. The highest BCUT2D eigenvalue weighted by Gasteiger charge is 2.05. The van der Waals surface area contributed by atoms with Crippen molar-refractivity contribution in [1.29, 1.82) is 0 Å². The van der Waals surface area contributed by atoms with Crippen LogP contribution in [0.3, 0.4) is 0 Å². The van der Waals surface area contributed by atoms with Crippen LogP contribution in [0.4, 0.5) is 5.69 Å². The Balaban J connectivity index is 2.74. The number of hydrazine groups is 1. The molecule has 0 aromatic heterocycles. The zero-order valence-corrected chi connectivity index (χ0v) is 9.85. The van der Waals surface area contributed by atoms with Crippen LogP contribution >= 0.6 is 12.2 Å². The molecule has 1 aromatic carbocycles. The molecule has 0 unspecified atom stereocenters. The lowest BCUT2D eigenvalue weighted by Crippen LogP contribution is -2.37. The number of methoxy groups -OCH3 is 1. The predicted molar refractivity (Wildman–Crippen MR) is 66.2 cm³/mol. The average molecular weight is 239 g/mol. The number of hydrogen-bond donors (Lipinski definition) is 3. The van der Waals surface area contributed by atoms with E-state index in [1.54, 1.807) is 31.3 Å². The monoisotopic (exact) mass is 239 g/mol. The molecule has 1 aromatic rings. The summed E-state index contributed by atoms with van der Waals surface area (Å²) in [5.41, 5.74) is 6.59. The fourth-order valence-corrected chi connectivity index (χ4v) is 1.34. The van der Waals surface area contributed by atoms with Gasteiger partial charge in [0.2, 0.25) is 0 Å². The van der Waals surface area contributed by atoms with Crippen molar-refractivity contribution in [2.45, 2.75) is 0 Å². The fourth-order valence-electron chi connectivity index (χ4n) is 1.12. The van der Waals surface area contributed by atoms with E-state index in [0.29, 0.717) is 10.7 Å². The SMILES string of the molecule is CNNC(=S)Nc1cccc(C(=O)OC)c1. The molecular formula is C10H13N3O2S. The highest BCUT2D eigenvalue weighted by molar-refractivity contribution is 7.80. The lowest BCUT2D eigenvalue weighted by atomic mass is 10.2. The van der Waals surface area contributed by atoms with E-state index in [0.717, 1.165) is 5.69 Å². The molecule has 0 aliphatic rings. The Bertz CT molecular complexity index is 395. The molecule has 0 aliphatic heterocycles. The fraction of sp³-hybridized carbons (Fsp3) is 0.200. The Labute approximate surface area is 99.1 Å². The second kappa shape index (κ2) is 6.04. The van der Waals surface area contributed by atoms with Gasteiger partial charge in [-0.3, -0.25) is 5.43 Å². The van der Waals surface area contributed by atoms with Gasteiger partial charge in [0.15, 0.2) is 5.11 Å². The summed E-state index contributed by atoms with van der Waals surface area (Å²) < 4.78 is 4.62. The van der Waals surface area contributed by atoms with Gasteiger partial charge in [-0.2, -0.15) is 0 Å². The molecule has 0 bridgehead atoms. The van der Waals surface area contributed by atoms with E-state index in [-0.39, 0.29) is 5.97 Å². The van der Waals surface area contributed by atoms with Crippen LogP contribution in [0.2, 0.25) is 0 Å². The quantitative estimate of drug-likeness (QED) is 0.414. The van der Waals surface area contributed by atoms with Crippen molar-refractivity contribution in [2.24, 2.45) is 0 Å². The Morgan fingerprint density at radius 1 is 1.44 bits per heavy atom. The largest absolute Gasteiger partial charge is 0.465 e. The van der Waals surface area contributed by atoms with E-state index in [9.17, 15) is 4.79 Å². The van der Waals surface area contributed by atoms with Crippen molar-refractivity contribution in [3.63, 3.8) is 0 Å². The molecule has 0 aliphatic carbocycles. The molecule has 86 valence electrons. The summed E-state index contributed by atoms with van der Waals surface area (Å²) in [6, 6.07) is 6.88. The first-order chi connectivity index (χ1) is 7.67. The first-order valence-corrected chi connectivity index (χ1v) is 5.00. The van der Waals surface area contributed by atoms with E-state index < -0.39 is 0 Å². The number of nitrogens with one attached hydrogen (secondary N) is 3. The van der Waals surface area contributed by atoms with Crippen LogP contribution in [0.15, 0.2) is 24.3 Å². The van der Waals surface area contributed by atoms with Gasteiger partial charge in [-0.05, 0) is 30.4 Å². The number of thiocarbonyl (C=S) groups is 1. The number of ether oxygens (including phenoxy) is 1. The zero-order chi connectivity index (χ0) is 12.0. The smallest absolute Gasteiger partial charge is 0.337 e. The maximum atomic E-state index is 11.3. The Hall–Kier alpha value is -1.66. The van der Waals surface area contributed by atoms with Crippen molar-refractivity contribution in [3.8, 4) is 0 Å². The normalized spacial score (nSPS) is 9.38. The minimum Gasteiger partial charge on any atom is -0.465 e. The summed E-state index contributed by atoms with van der Waals surface area (Å²) in [5, 5.41) is 3.33. The molecule has 0 radical (unpaired) electrons. The minimum absolute atomic E-state index is 0.379. The predicted octanol–water partition coefficient (Wildman–Crippen LogP) is 0.894. The third-order valence-corrected chi connectivity index (χ3v) is 1.98. The molecule has 6 heteroatoms. The maximum Gasteiger partial charge on any atom is 0.337 e. The van der Waals surface area contributed by atoms with E-state index in [4.69, 9.17) is 12.2 Å². The van der Waals surface area contributed by atoms with Crippen LogP contribution in [0.5, 0.6) is 0 Å². The maximum absolute atomic E-state index is 11.3. The first-order valence-electron chi connectivity index (χ1n) is 4.59. The second-order valence-electron chi connectivity index (χ2n) is 2.90. The Kier molecular flexibility index (Phi) is 4.68. The molecule has 5 nitrogen and oxygen atoms in total.